The monoisotopic (exact) mass is 413 g/mol. The van der Waals surface area contributed by atoms with Crippen molar-refractivity contribution in [2.45, 2.75) is 27.3 Å². The van der Waals surface area contributed by atoms with Crippen LogP contribution in [0.5, 0.6) is 5.75 Å². The maximum Gasteiger partial charge on any atom is 0.268 e. The van der Waals surface area contributed by atoms with E-state index in [1.54, 1.807) is 12.1 Å². The molecule has 0 aliphatic carbocycles. The van der Waals surface area contributed by atoms with Crippen LogP contribution in [0.2, 0.25) is 0 Å². The Morgan fingerprint density at radius 2 is 1.66 bits per heavy atom. The van der Waals surface area contributed by atoms with Gasteiger partial charge in [0.15, 0.2) is 0 Å². The highest BCUT2D eigenvalue weighted by atomic mass is 32.2. The number of carbonyl (C=O) groups excluding carboxylic acids is 2. The van der Waals surface area contributed by atoms with E-state index in [2.05, 4.69) is 13.8 Å². The smallest absolute Gasteiger partial charge is 0.268 e. The minimum absolute atomic E-state index is 0.116. The Kier molecular flexibility index (Phi) is 6.75. The van der Waals surface area contributed by atoms with Crippen molar-refractivity contribution >= 4 is 29.1 Å². The minimum Gasteiger partial charge on any atom is -0.493 e. The van der Waals surface area contributed by atoms with Gasteiger partial charge in [0.05, 0.1) is 23.6 Å². The third-order valence-electron chi connectivity index (χ3n) is 4.39. The summed E-state index contributed by atoms with van der Waals surface area (Å²) in [6.07, 6.45) is 0. The van der Waals surface area contributed by atoms with Crippen molar-refractivity contribution in [3.05, 3.63) is 70.4 Å². The second kappa shape index (κ2) is 9.27. The van der Waals surface area contributed by atoms with Gasteiger partial charge < -0.3 is 4.74 Å². The molecule has 0 atom stereocenters. The van der Waals surface area contributed by atoms with Gasteiger partial charge in [-0.3, -0.25) is 14.5 Å². The van der Waals surface area contributed by atoms with Gasteiger partial charge in [-0.05, 0) is 47.1 Å². The first kappa shape index (κ1) is 21.1. The van der Waals surface area contributed by atoms with Gasteiger partial charge >= 0.3 is 0 Å². The van der Waals surface area contributed by atoms with Crippen LogP contribution in [0.15, 0.2) is 53.4 Å². The van der Waals surface area contributed by atoms with Gasteiger partial charge in [0.2, 0.25) is 0 Å². The zero-order valence-electron chi connectivity index (χ0n) is 16.8. The van der Waals surface area contributed by atoms with E-state index in [9.17, 15) is 14.0 Å². The molecule has 2 aromatic rings. The third kappa shape index (κ3) is 4.88. The summed E-state index contributed by atoms with van der Waals surface area (Å²) in [6, 6.07) is 13.1. The Morgan fingerprint density at radius 3 is 2.24 bits per heavy atom. The van der Waals surface area contributed by atoms with E-state index in [0.29, 0.717) is 39.9 Å². The SMILES string of the molecule is CCSC1=C(c2ccc(OCC(C)C)cc2)C(=O)N(Cc2ccc(F)cc2)C1=O. The Bertz CT molecular complexity index is 920. The van der Waals surface area contributed by atoms with Crippen LogP contribution < -0.4 is 4.74 Å². The molecular weight excluding hydrogens is 389 g/mol. The molecule has 1 heterocycles. The second-order valence-electron chi connectivity index (χ2n) is 7.19. The first-order chi connectivity index (χ1) is 13.9. The van der Waals surface area contributed by atoms with Crippen LogP contribution in [-0.4, -0.2) is 29.1 Å². The maximum absolute atomic E-state index is 13.2. The Morgan fingerprint density at radius 1 is 1.00 bits per heavy atom. The lowest BCUT2D eigenvalue weighted by Gasteiger charge is -2.15. The van der Waals surface area contributed by atoms with Crippen LogP contribution in [0.25, 0.3) is 5.57 Å². The predicted molar refractivity (Wildman–Crippen MR) is 114 cm³/mol. The van der Waals surface area contributed by atoms with Crippen LogP contribution in [0.4, 0.5) is 4.39 Å². The van der Waals surface area contributed by atoms with Crippen molar-refractivity contribution in [2.75, 3.05) is 12.4 Å². The lowest BCUT2D eigenvalue weighted by atomic mass is 10.1. The highest BCUT2D eigenvalue weighted by Gasteiger charge is 2.38. The van der Waals surface area contributed by atoms with Gasteiger partial charge in [-0.25, -0.2) is 4.39 Å². The molecule has 152 valence electrons. The Labute approximate surface area is 174 Å². The van der Waals surface area contributed by atoms with Crippen molar-refractivity contribution in [1.29, 1.82) is 0 Å². The van der Waals surface area contributed by atoms with Gasteiger partial charge in [-0.1, -0.05) is 45.0 Å². The van der Waals surface area contributed by atoms with Crippen LogP contribution in [0.3, 0.4) is 0 Å². The number of benzene rings is 2. The summed E-state index contributed by atoms with van der Waals surface area (Å²) in [4.78, 5) is 27.7. The van der Waals surface area contributed by atoms with Crippen LogP contribution in [-0.2, 0) is 16.1 Å². The number of nitrogens with zero attached hydrogens (tertiary/aromatic N) is 1. The fraction of sp³-hybridized carbons (Fsp3) is 0.304. The average molecular weight is 414 g/mol. The van der Waals surface area contributed by atoms with Crippen LogP contribution in [0.1, 0.15) is 31.9 Å². The Balaban J connectivity index is 1.85. The molecule has 4 nitrogen and oxygen atoms in total. The molecule has 3 rings (SSSR count). The van der Waals surface area contributed by atoms with Crippen LogP contribution >= 0.6 is 11.8 Å². The zero-order valence-corrected chi connectivity index (χ0v) is 17.6. The highest BCUT2D eigenvalue weighted by molar-refractivity contribution is 8.04. The standard InChI is InChI=1S/C23H24FNO3S/c1-4-29-21-20(17-7-11-19(12-8-17)28-14-15(2)3)22(26)25(23(21)27)13-16-5-9-18(24)10-6-16/h5-12,15H,4,13-14H2,1-3H3. The molecule has 29 heavy (non-hydrogen) atoms. The normalized spacial score (nSPS) is 14.3. The molecule has 0 unspecified atom stereocenters. The molecule has 2 amide bonds. The van der Waals surface area contributed by atoms with E-state index < -0.39 is 0 Å². The Hall–Kier alpha value is -2.60. The van der Waals surface area contributed by atoms with Crippen LogP contribution in [0, 0.1) is 11.7 Å². The highest BCUT2D eigenvalue weighted by Crippen LogP contribution is 2.37. The van der Waals surface area contributed by atoms with Gasteiger partial charge in [-0.2, -0.15) is 0 Å². The number of imide groups is 1. The number of thioether (sulfide) groups is 1. The molecule has 0 fully saturated rings. The van der Waals surface area contributed by atoms with E-state index in [1.807, 2.05) is 31.2 Å². The zero-order chi connectivity index (χ0) is 21.0. The van der Waals surface area contributed by atoms with Gasteiger partial charge in [0, 0.05) is 0 Å². The minimum atomic E-state index is -0.353. The number of hydrogen-bond donors (Lipinski definition) is 0. The van der Waals surface area contributed by atoms with Gasteiger partial charge in [0.25, 0.3) is 11.8 Å². The fourth-order valence-electron chi connectivity index (χ4n) is 2.98. The number of carbonyl (C=O) groups is 2. The average Bonchev–Trinajstić information content (AvgIpc) is 2.93. The summed E-state index contributed by atoms with van der Waals surface area (Å²) in [5.41, 5.74) is 1.81. The summed E-state index contributed by atoms with van der Waals surface area (Å²) >= 11 is 1.37. The van der Waals surface area contributed by atoms with E-state index in [1.165, 1.54) is 28.8 Å². The summed E-state index contributed by atoms with van der Waals surface area (Å²) in [6.45, 7) is 6.82. The number of amides is 2. The number of ether oxygens (including phenoxy) is 1. The van der Waals surface area contributed by atoms with Crippen molar-refractivity contribution in [2.24, 2.45) is 5.92 Å². The topological polar surface area (TPSA) is 46.6 Å². The summed E-state index contributed by atoms with van der Waals surface area (Å²) in [7, 11) is 0. The summed E-state index contributed by atoms with van der Waals surface area (Å²) < 4.78 is 18.9. The lowest BCUT2D eigenvalue weighted by Crippen LogP contribution is -2.30. The summed E-state index contributed by atoms with van der Waals surface area (Å²) in [5.74, 6) is 0.838. The first-order valence-corrected chi connectivity index (χ1v) is 10.6. The molecule has 2 aromatic carbocycles. The second-order valence-corrected chi connectivity index (χ2v) is 8.46. The molecule has 1 aliphatic rings. The lowest BCUT2D eigenvalue weighted by molar-refractivity contribution is -0.137. The van der Waals surface area contributed by atoms with Crippen molar-refractivity contribution in [3.8, 4) is 5.75 Å². The van der Waals surface area contributed by atoms with E-state index in [-0.39, 0.29) is 24.2 Å². The number of halogens is 1. The third-order valence-corrected chi connectivity index (χ3v) is 5.35. The maximum atomic E-state index is 13.2. The fourth-order valence-corrected chi connectivity index (χ4v) is 3.86. The molecule has 6 heteroatoms. The molecular formula is C23H24FNO3S. The van der Waals surface area contributed by atoms with Crippen molar-refractivity contribution in [3.63, 3.8) is 0 Å². The molecule has 0 N–H and O–H groups in total. The largest absolute Gasteiger partial charge is 0.493 e. The van der Waals surface area contributed by atoms with E-state index in [0.717, 1.165) is 5.75 Å². The van der Waals surface area contributed by atoms with Gasteiger partial charge in [0.1, 0.15) is 11.6 Å². The molecule has 0 aromatic heterocycles. The number of rotatable bonds is 8. The van der Waals surface area contributed by atoms with Crippen molar-refractivity contribution < 1.29 is 18.7 Å². The molecule has 0 radical (unpaired) electrons. The molecule has 0 saturated heterocycles. The first-order valence-electron chi connectivity index (χ1n) is 9.61. The van der Waals surface area contributed by atoms with Crippen molar-refractivity contribution in [1.82, 2.24) is 4.90 Å². The predicted octanol–water partition coefficient (Wildman–Crippen LogP) is 4.89. The molecule has 0 spiro atoms. The number of hydrogen-bond acceptors (Lipinski definition) is 4. The van der Waals surface area contributed by atoms with E-state index >= 15 is 0 Å². The summed E-state index contributed by atoms with van der Waals surface area (Å²) in [5, 5.41) is 0. The quantitative estimate of drug-likeness (QED) is 0.578. The van der Waals surface area contributed by atoms with E-state index in [4.69, 9.17) is 4.74 Å². The van der Waals surface area contributed by atoms with Gasteiger partial charge in [-0.15, -0.1) is 11.8 Å². The molecule has 1 aliphatic heterocycles. The molecule has 0 saturated carbocycles. The molecule has 0 bridgehead atoms.